The number of likely N-dealkylation sites (N-methyl/N-ethyl adjacent to an activating group) is 1. The van der Waals surface area contributed by atoms with Crippen molar-refractivity contribution in [3.05, 3.63) is 29.8 Å². The summed E-state index contributed by atoms with van der Waals surface area (Å²) in [5.41, 5.74) is 1.27. The van der Waals surface area contributed by atoms with Crippen molar-refractivity contribution in [1.29, 1.82) is 0 Å². The number of nitrogens with one attached hydrogen (secondary N) is 1. The molecule has 2 unspecified atom stereocenters. The minimum atomic E-state index is -0.0471. The SMILES string of the molecule is CCNC1(CO)CCCC(Sc2cccc(C)c2)C1. The van der Waals surface area contributed by atoms with E-state index >= 15 is 0 Å². The number of aliphatic hydroxyl groups is 1. The molecule has 0 spiro atoms. The van der Waals surface area contributed by atoms with Gasteiger partial charge in [-0.2, -0.15) is 0 Å². The third-order valence-corrected chi connectivity index (χ3v) is 5.21. The summed E-state index contributed by atoms with van der Waals surface area (Å²) in [7, 11) is 0. The lowest BCUT2D eigenvalue weighted by Crippen LogP contribution is -2.52. The van der Waals surface area contributed by atoms with E-state index in [1.165, 1.54) is 23.3 Å². The summed E-state index contributed by atoms with van der Waals surface area (Å²) in [4.78, 5) is 1.36. The first-order chi connectivity index (χ1) is 9.17. The molecule has 3 heteroatoms. The van der Waals surface area contributed by atoms with E-state index in [1.807, 2.05) is 11.8 Å². The van der Waals surface area contributed by atoms with Gasteiger partial charge in [0.1, 0.15) is 0 Å². The first-order valence-electron chi connectivity index (χ1n) is 7.27. The van der Waals surface area contributed by atoms with E-state index in [0.29, 0.717) is 5.25 Å². The molecule has 106 valence electrons. The van der Waals surface area contributed by atoms with Gasteiger partial charge in [-0.1, -0.05) is 31.0 Å². The fourth-order valence-electron chi connectivity index (χ4n) is 3.02. The van der Waals surface area contributed by atoms with Crippen LogP contribution in [0.3, 0.4) is 0 Å². The Bertz CT molecular complexity index is 405. The van der Waals surface area contributed by atoms with Crippen LogP contribution in [0.4, 0.5) is 0 Å². The van der Waals surface area contributed by atoms with Crippen LogP contribution in [0.15, 0.2) is 29.2 Å². The van der Waals surface area contributed by atoms with Crippen LogP contribution in [0.25, 0.3) is 0 Å². The molecule has 2 rings (SSSR count). The molecule has 2 N–H and O–H groups in total. The highest BCUT2D eigenvalue weighted by Gasteiger charge is 2.35. The van der Waals surface area contributed by atoms with Gasteiger partial charge in [-0.25, -0.2) is 0 Å². The van der Waals surface area contributed by atoms with Gasteiger partial charge in [0, 0.05) is 15.7 Å². The van der Waals surface area contributed by atoms with Gasteiger partial charge in [-0.3, -0.25) is 0 Å². The highest BCUT2D eigenvalue weighted by molar-refractivity contribution is 8.00. The second-order valence-electron chi connectivity index (χ2n) is 5.62. The number of hydrogen-bond acceptors (Lipinski definition) is 3. The zero-order chi connectivity index (χ0) is 13.7. The van der Waals surface area contributed by atoms with Crippen molar-refractivity contribution in [2.24, 2.45) is 0 Å². The molecule has 0 aliphatic heterocycles. The molecule has 1 aliphatic rings. The molecule has 19 heavy (non-hydrogen) atoms. The summed E-state index contributed by atoms with van der Waals surface area (Å²) < 4.78 is 0. The first kappa shape index (κ1) is 14.9. The predicted molar refractivity (Wildman–Crippen MR) is 82.8 cm³/mol. The first-order valence-corrected chi connectivity index (χ1v) is 8.14. The van der Waals surface area contributed by atoms with E-state index in [9.17, 15) is 5.11 Å². The van der Waals surface area contributed by atoms with Crippen molar-refractivity contribution in [2.45, 2.75) is 55.2 Å². The standard InChI is InChI=1S/C16H25NOS/c1-3-17-16(12-18)9-5-8-15(11-16)19-14-7-4-6-13(2)10-14/h4,6-7,10,15,17-18H,3,5,8-9,11-12H2,1-2H3. The summed E-state index contributed by atoms with van der Waals surface area (Å²) in [5.74, 6) is 0. The number of benzene rings is 1. The molecule has 1 aromatic rings. The van der Waals surface area contributed by atoms with E-state index < -0.39 is 0 Å². The third-order valence-electron chi connectivity index (χ3n) is 3.95. The maximum Gasteiger partial charge on any atom is 0.0613 e. The molecular weight excluding hydrogens is 254 g/mol. The van der Waals surface area contributed by atoms with Crippen LogP contribution in [-0.4, -0.2) is 29.0 Å². The topological polar surface area (TPSA) is 32.3 Å². The zero-order valence-electron chi connectivity index (χ0n) is 12.0. The summed E-state index contributed by atoms with van der Waals surface area (Å²) in [6.07, 6.45) is 4.63. The van der Waals surface area contributed by atoms with Gasteiger partial charge in [0.05, 0.1) is 6.61 Å². The Labute approximate surface area is 121 Å². The van der Waals surface area contributed by atoms with Gasteiger partial charge in [-0.05, 0) is 44.9 Å². The van der Waals surface area contributed by atoms with Crippen LogP contribution in [0.5, 0.6) is 0 Å². The van der Waals surface area contributed by atoms with Crippen molar-refractivity contribution in [3.8, 4) is 0 Å². The second-order valence-corrected chi connectivity index (χ2v) is 7.00. The monoisotopic (exact) mass is 279 g/mol. The third kappa shape index (κ3) is 3.98. The van der Waals surface area contributed by atoms with Gasteiger partial charge in [0.15, 0.2) is 0 Å². The van der Waals surface area contributed by atoms with E-state index in [4.69, 9.17) is 0 Å². The van der Waals surface area contributed by atoms with Crippen molar-refractivity contribution < 1.29 is 5.11 Å². The molecule has 1 aromatic carbocycles. The van der Waals surface area contributed by atoms with E-state index in [0.717, 1.165) is 19.4 Å². The number of hydrogen-bond donors (Lipinski definition) is 2. The van der Waals surface area contributed by atoms with Crippen LogP contribution in [0.2, 0.25) is 0 Å². The fraction of sp³-hybridized carbons (Fsp3) is 0.625. The van der Waals surface area contributed by atoms with E-state index in [1.54, 1.807) is 0 Å². The van der Waals surface area contributed by atoms with Gasteiger partial charge in [0.2, 0.25) is 0 Å². The van der Waals surface area contributed by atoms with E-state index in [2.05, 4.69) is 43.4 Å². The van der Waals surface area contributed by atoms with Crippen LogP contribution in [0.1, 0.15) is 38.2 Å². The highest BCUT2D eigenvalue weighted by atomic mass is 32.2. The lowest BCUT2D eigenvalue weighted by Gasteiger charge is -2.40. The molecule has 1 saturated carbocycles. The average Bonchev–Trinajstić information content (AvgIpc) is 2.39. The Balaban J connectivity index is 2.01. The Kier molecular flexibility index (Phi) is 5.31. The van der Waals surface area contributed by atoms with Crippen LogP contribution >= 0.6 is 11.8 Å². The lowest BCUT2D eigenvalue weighted by molar-refractivity contribution is 0.125. The molecule has 1 aliphatic carbocycles. The molecular formula is C16H25NOS. The minimum absolute atomic E-state index is 0.0471. The van der Waals surface area contributed by atoms with Gasteiger partial charge in [0.25, 0.3) is 0 Å². The normalized spacial score (nSPS) is 27.4. The Morgan fingerprint density at radius 3 is 3.00 bits per heavy atom. The molecule has 0 bridgehead atoms. The summed E-state index contributed by atoms with van der Waals surface area (Å²) in [5, 5.41) is 13.9. The van der Waals surface area contributed by atoms with Crippen LogP contribution in [-0.2, 0) is 0 Å². The second kappa shape index (κ2) is 6.78. The molecule has 0 saturated heterocycles. The predicted octanol–water partition coefficient (Wildman–Crippen LogP) is 3.37. The molecule has 0 amide bonds. The van der Waals surface area contributed by atoms with Crippen LogP contribution < -0.4 is 5.32 Å². The van der Waals surface area contributed by atoms with Crippen molar-refractivity contribution >= 4 is 11.8 Å². The van der Waals surface area contributed by atoms with Gasteiger partial charge >= 0.3 is 0 Å². The van der Waals surface area contributed by atoms with Gasteiger partial charge in [-0.15, -0.1) is 11.8 Å². The molecule has 1 fully saturated rings. The molecule has 0 heterocycles. The van der Waals surface area contributed by atoms with Crippen molar-refractivity contribution in [3.63, 3.8) is 0 Å². The quantitative estimate of drug-likeness (QED) is 0.867. The van der Waals surface area contributed by atoms with Crippen molar-refractivity contribution in [1.82, 2.24) is 5.32 Å². The Morgan fingerprint density at radius 1 is 1.47 bits per heavy atom. The minimum Gasteiger partial charge on any atom is -0.394 e. The highest BCUT2D eigenvalue weighted by Crippen LogP contribution is 2.38. The van der Waals surface area contributed by atoms with Gasteiger partial charge < -0.3 is 10.4 Å². The maximum atomic E-state index is 9.73. The maximum absolute atomic E-state index is 9.73. The van der Waals surface area contributed by atoms with Crippen LogP contribution in [0, 0.1) is 6.92 Å². The van der Waals surface area contributed by atoms with Crippen molar-refractivity contribution in [2.75, 3.05) is 13.2 Å². The number of rotatable bonds is 5. The summed E-state index contributed by atoms with van der Waals surface area (Å²) >= 11 is 1.97. The number of aliphatic hydroxyl groups excluding tert-OH is 1. The summed E-state index contributed by atoms with van der Waals surface area (Å²) in [6, 6.07) is 8.72. The molecule has 2 atom stereocenters. The smallest absolute Gasteiger partial charge is 0.0613 e. The number of aryl methyl sites for hydroxylation is 1. The molecule has 0 aromatic heterocycles. The summed E-state index contributed by atoms with van der Waals surface area (Å²) in [6.45, 7) is 5.45. The largest absolute Gasteiger partial charge is 0.394 e. The number of thioether (sulfide) groups is 1. The zero-order valence-corrected chi connectivity index (χ0v) is 12.8. The average molecular weight is 279 g/mol. The fourth-order valence-corrected chi connectivity index (χ4v) is 4.51. The Morgan fingerprint density at radius 2 is 2.32 bits per heavy atom. The lowest BCUT2D eigenvalue weighted by atomic mass is 9.82. The Hall–Kier alpha value is -0.510. The molecule has 0 radical (unpaired) electrons. The van der Waals surface area contributed by atoms with E-state index in [-0.39, 0.29) is 12.1 Å². The molecule has 2 nitrogen and oxygen atoms in total.